The van der Waals surface area contributed by atoms with Crippen molar-refractivity contribution in [3.05, 3.63) is 0 Å². The van der Waals surface area contributed by atoms with Gasteiger partial charge < -0.3 is 20.8 Å². The van der Waals surface area contributed by atoms with Crippen molar-refractivity contribution < 1.29 is 15.0 Å². The molecule has 0 aromatic rings. The third-order valence-electron chi connectivity index (χ3n) is 2.76. The van der Waals surface area contributed by atoms with Crippen molar-refractivity contribution in [1.82, 2.24) is 4.90 Å². The van der Waals surface area contributed by atoms with Crippen LogP contribution in [0.1, 0.15) is 12.8 Å². The van der Waals surface area contributed by atoms with E-state index in [1.807, 2.05) is 0 Å². The van der Waals surface area contributed by atoms with E-state index in [0.717, 1.165) is 0 Å². The molecule has 0 radical (unpaired) electrons. The number of hydrogen-bond donors (Lipinski definition) is 3. The van der Waals surface area contributed by atoms with Crippen LogP contribution in [0.25, 0.3) is 0 Å². The summed E-state index contributed by atoms with van der Waals surface area (Å²) in [7, 11) is 0. The summed E-state index contributed by atoms with van der Waals surface area (Å²) in [6, 6.07) is 0. The van der Waals surface area contributed by atoms with Gasteiger partial charge in [0.25, 0.3) is 0 Å². The van der Waals surface area contributed by atoms with Gasteiger partial charge in [-0.1, -0.05) is 0 Å². The number of amides is 1. The first-order valence-electron chi connectivity index (χ1n) is 4.47. The minimum Gasteiger partial charge on any atom is -0.388 e. The zero-order valence-corrected chi connectivity index (χ0v) is 7.31. The smallest absolute Gasteiger partial charge is 0.242 e. The van der Waals surface area contributed by atoms with Crippen LogP contribution in [0.2, 0.25) is 0 Å². The Balaban J connectivity index is 1.99. The number of carbonyl (C=O) groups excluding carboxylic acids is 1. The van der Waals surface area contributed by atoms with E-state index in [9.17, 15) is 15.0 Å². The number of rotatable bonds is 1. The van der Waals surface area contributed by atoms with Crippen LogP contribution < -0.4 is 5.73 Å². The number of carbonyl (C=O) groups is 1. The molecular weight excluding hydrogens is 172 g/mol. The average molecular weight is 186 g/mol. The SMILES string of the molecule is NC1(C(=O)N2CC(O)C(O)C2)CC1. The highest BCUT2D eigenvalue weighted by molar-refractivity contribution is 5.89. The fraction of sp³-hybridized carbons (Fsp3) is 0.875. The Morgan fingerprint density at radius 1 is 1.31 bits per heavy atom. The lowest BCUT2D eigenvalue weighted by Crippen LogP contribution is -2.45. The quantitative estimate of drug-likeness (QED) is 0.444. The van der Waals surface area contributed by atoms with Gasteiger partial charge in [0.2, 0.25) is 5.91 Å². The maximum atomic E-state index is 11.6. The highest BCUT2D eigenvalue weighted by Crippen LogP contribution is 2.34. The molecule has 1 saturated heterocycles. The number of nitrogens with zero attached hydrogens (tertiary/aromatic N) is 1. The standard InChI is InChI=1S/C8H14N2O3/c9-8(1-2-8)7(13)10-3-5(11)6(12)4-10/h5-6,11-12H,1-4,9H2. The van der Waals surface area contributed by atoms with Crippen molar-refractivity contribution in [1.29, 1.82) is 0 Å². The van der Waals surface area contributed by atoms with Crippen LogP contribution in [0.3, 0.4) is 0 Å². The van der Waals surface area contributed by atoms with Crippen LogP contribution in [0, 0.1) is 0 Å². The predicted octanol–water partition coefficient (Wildman–Crippen LogP) is -1.96. The summed E-state index contributed by atoms with van der Waals surface area (Å²) in [4.78, 5) is 13.0. The molecule has 5 heteroatoms. The normalized spacial score (nSPS) is 36.4. The monoisotopic (exact) mass is 186 g/mol. The summed E-state index contributed by atoms with van der Waals surface area (Å²) >= 11 is 0. The van der Waals surface area contributed by atoms with E-state index in [4.69, 9.17) is 5.73 Å². The fourth-order valence-corrected chi connectivity index (χ4v) is 1.60. The molecule has 2 fully saturated rings. The largest absolute Gasteiger partial charge is 0.388 e. The molecule has 1 amide bonds. The van der Waals surface area contributed by atoms with Crippen molar-refractivity contribution >= 4 is 5.91 Å². The number of nitrogens with two attached hydrogens (primary N) is 1. The molecule has 4 N–H and O–H groups in total. The second-order valence-electron chi connectivity index (χ2n) is 4.00. The molecule has 74 valence electrons. The van der Waals surface area contributed by atoms with E-state index in [1.165, 1.54) is 4.90 Å². The molecule has 13 heavy (non-hydrogen) atoms. The van der Waals surface area contributed by atoms with Crippen molar-refractivity contribution in [3.63, 3.8) is 0 Å². The van der Waals surface area contributed by atoms with Gasteiger partial charge in [0.1, 0.15) is 0 Å². The van der Waals surface area contributed by atoms with E-state index in [-0.39, 0.29) is 19.0 Å². The Morgan fingerprint density at radius 2 is 1.77 bits per heavy atom. The minimum atomic E-state index is -0.814. The second kappa shape index (κ2) is 2.67. The molecule has 2 unspecified atom stereocenters. The first kappa shape index (κ1) is 8.93. The Labute approximate surface area is 76.1 Å². The number of likely N-dealkylation sites (tertiary alicyclic amines) is 1. The van der Waals surface area contributed by atoms with Crippen molar-refractivity contribution in [2.24, 2.45) is 5.73 Å². The minimum absolute atomic E-state index is 0.136. The van der Waals surface area contributed by atoms with E-state index in [1.54, 1.807) is 0 Å². The summed E-state index contributed by atoms with van der Waals surface area (Å²) < 4.78 is 0. The van der Waals surface area contributed by atoms with E-state index < -0.39 is 17.7 Å². The van der Waals surface area contributed by atoms with E-state index >= 15 is 0 Å². The van der Waals surface area contributed by atoms with Gasteiger partial charge in [0, 0.05) is 13.1 Å². The molecule has 5 nitrogen and oxygen atoms in total. The maximum Gasteiger partial charge on any atom is 0.242 e. The van der Waals surface area contributed by atoms with Crippen molar-refractivity contribution in [3.8, 4) is 0 Å². The average Bonchev–Trinajstić information content (AvgIpc) is 2.74. The molecule has 2 atom stereocenters. The molecule has 2 rings (SSSR count). The van der Waals surface area contributed by atoms with Gasteiger partial charge in [0.15, 0.2) is 0 Å². The summed E-state index contributed by atoms with van der Waals surface area (Å²) in [5.41, 5.74) is 5.02. The molecule has 2 aliphatic rings. The number of β-amino-alcohol motifs (C(OH)–C–C–N with tert-alkyl or cyclic N) is 2. The van der Waals surface area contributed by atoms with E-state index in [0.29, 0.717) is 12.8 Å². The highest BCUT2D eigenvalue weighted by Gasteiger charge is 2.50. The molecule has 0 aromatic carbocycles. The van der Waals surface area contributed by atoms with Crippen molar-refractivity contribution in [2.75, 3.05) is 13.1 Å². The van der Waals surface area contributed by atoms with Crippen molar-refractivity contribution in [2.45, 2.75) is 30.6 Å². The lowest BCUT2D eigenvalue weighted by Gasteiger charge is -2.19. The maximum absolute atomic E-state index is 11.6. The van der Waals surface area contributed by atoms with Gasteiger partial charge in [0.05, 0.1) is 17.7 Å². The molecule has 0 spiro atoms. The summed E-state index contributed by atoms with van der Waals surface area (Å²) in [6.45, 7) is 0.415. The van der Waals surface area contributed by atoms with Crippen LogP contribution in [0.5, 0.6) is 0 Å². The van der Waals surface area contributed by atoms with Gasteiger partial charge in [-0.15, -0.1) is 0 Å². The van der Waals surface area contributed by atoms with Gasteiger partial charge in [-0.25, -0.2) is 0 Å². The fourth-order valence-electron chi connectivity index (χ4n) is 1.60. The van der Waals surface area contributed by atoms with Gasteiger partial charge in [-0.2, -0.15) is 0 Å². The molecule has 0 aromatic heterocycles. The van der Waals surface area contributed by atoms with Crippen LogP contribution in [0.15, 0.2) is 0 Å². The molecular formula is C8H14N2O3. The van der Waals surface area contributed by atoms with Gasteiger partial charge >= 0.3 is 0 Å². The third kappa shape index (κ3) is 1.43. The van der Waals surface area contributed by atoms with Crippen LogP contribution in [0.4, 0.5) is 0 Å². The number of aliphatic hydroxyl groups is 2. The third-order valence-corrected chi connectivity index (χ3v) is 2.76. The molecule has 1 heterocycles. The first-order chi connectivity index (χ1) is 6.03. The molecule has 1 aliphatic carbocycles. The highest BCUT2D eigenvalue weighted by atomic mass is 16.3. The Kier molecular flexibility index (Phi) is 1.83. The van der Waals surface area contributed by atoms with Crippen LogP contribution in [-0.4, -0.2) is 51.9 Å². The molecule has 0 bridgehead atoms. The summed E-state index contributed by atoms with van der Waals surface area (Å²) in [5, 5.41) is 18.4. The lowest BCUT2D eigenvalue weighted by molar-refractivity contribution is -0.133. The summed E-state index contributed by atoms with van der Waals surface area (Å²) in [6.07, 6.45) is -0.194. The number of aliphatic hydroxyl groups excluding tert-OH is 2. The molecule has 1 aliphatic heterocycles. The van der Waals surface area contributed by atoms with E-state index in [2.05, 4.69) is 0 Å². The number of hydrogen-bond acceptors (Lipinski definition) is 4. The zero-order valence-electron chi connectivity index (χ0n) is 7.31. The van der Waals surface area contributed by atoms with Crippen LogP contribution in [-0.2, 0) is 4.79 Å². The van der Waals surface area contributed by atoms with Gasteiger partial charge in [-0.3, -0.25) is 4.79 Å². The Morgan fingerprint density at radius 3 is 2.15 bits per heavy atom. The predicted molar refractivity (Wildman–Crippen MR) is 44.7 cm³/mol. The lowest BCUT2D eigenvalue weighted by atomic mass is 10.2. The Hall–Kier alpha value is -0.650. The Bertz CT molecular complexity index is 230. The van der Waals surface area contributed by atoms with Crippen LogP contribution >= 0.6 is 0 Å². The topological polar surface area (TPSA) is 86.8 Å². The van der Waals surface area contributed by atoms with Gasteiger partial charge in [-0.05, 0) is 12.8 Å². The zero-order chi connectivity index (χ0) is 9.64. The summed E-state index contributed by atoms with van der Waals surface area (Å²) in [5.74, 6) is -0.136. The second-order valence-corrected chi connectivity index (χ2v) is 4.00. The molecule has 1 saturated carbocycles. The first-order valence-corrected chi connectivity index (χ1v) is 4.47.